The molecule has 0 atom stereocenters. The first kappa shape index (κ1) is 10.2. The zero-order valence-electron chi connectivity index (χ0n) is 8.89. The molecule has 1 aromatic carbocycles. The minimum Gasteiger partial charge on any atom is -0.271 e. The molecule has 0 heterocycles. The molecule has 0 unspecified atom stereocenters. The standard InChI is InChI=1S/C12H14F2N2/c13-9-2-1-3-10(14)8(9)4-11-5-12(6-11,7-11)16-15/h1-3,16H,4-7,15H2. The molecule has 0 spiro atoms. The van der Waals surface area contributed by atoms with Crippen molar-refractivity contribution < 1.29 is 8.78 Å². The Bertz CT molecular complexity index is 405. The summed E-state index contributed by atoms with van der Waals surface area (Å²) in [4.78, 5) is 0. The fourth-order valence-electron chi connectivity index (χ4n) is 3.41. The van der Waals surface area contributed by atoms with Gasteiger partial charge in [-0.2, -0.15) is 0 Å². The van der Waals surface area contributed by atoms with Gasteiger partial charge in [0.05, 0.1) is 0 Å². The largest absolute Gasteiger partial charge is 0.271 e. The summed E-state index contributed by atoms with van der Waals surface area (Å²) in [6.45, 7) is 0. The lowest BCUT2D eigenvalue weighted by Crippen LogP contribution is -2.75. The van der Waals surface area contributed by atoms with Crippen LogP contribution < -0.4 is 11.3 Å². The molecule has 2 nitrogen and oxygen atoms in total. The van der Waals surface area contributed by atoms with E-state index in [2.05, 4.69) is 5.43 Å². The van der Waals surface area contributed by atoms with E-state index in [9.17, 15) is 8.78 Å². The molecule has 4 heteroatoms. The van der Waals surface area contributed by atoms with E-state index in [1.807, 2.05) is 0 Å². The highest BCUT2D eigenvalue weighted by Gasteiger charge is 2.67. The number of rotatable bonds is 3. The van der Waals surface area contributed by atoms with E-state index in [0.717, 1.165) is 19.3 Å². The van der Waals surface area contributed by atoms with Crippen molar-refractivity contribution in [2.45, 2.75) is 31.2 Å². The van der Waals surface area contributed by atoms with Gasteiger partial charge < -0.3 is 0 Å². The number of nitrogens with one attached hydrogen (secondary N) is 1. The summed E-state index contributed by atoms with van der Waals surface area (Å²) in [6.07, 6.45) is 3.30. The van der Waals surface area contributed by atoms with Gasteiger partial charge in [-0.15, -0.1) is 0 Å². The third kappa shape index (κ3) is 1.23. The van der Waals surface area contributed by atoms with Crippen LogP contribution in [0, 0.1) is 17.0 Å². The van der Waals surface area contributed by atoms with E-state index < -0.39 is 11.6 Å². The molecule has 3 N–H and O–H groups in total. The van der Waals surface area contributed by atoms with Crippen molar-refractivity contribution in [3.8, 4) is 0 Å². The molecule has 3 saturated carbocycles. The van der Waals surface area contributed by atoms with Crippen molar-refractivity contribution in [3.05, 3.63) is 35.4 Å². The van der Waals surface area contributed by atoms with Crippen molar-refractivity contribution in [2.75, 3.05) is 0 Å². The normalized spacial score (nSPS) is 35.4. The predicted octanol–water partition coefficient (Wildman–Crippen LogP) is 1.89. The number of hydrogen-bond donors (Lipinski definition) is 2. The Morgan fingerprint density at radius 3 is 2.25 bits per heavy atom. The first-order valence-electron chi connectivity index (χ1n) is 5.49. The quantitative estimate of drug-likeness (QED) is 0.608. The lowest BCUT2D eigenvalue weighted by molar-refractivity contribution is -0.154. The molecule has 86 valence electrons. The highest BCUT2D eigenvalue weighted by atomic mass is 19.1. The maximum atomic E-state index is 13.5. The van der Waals surface area contributed by atoms with E-state index in [1.165, 1.54) is 18.2 Å². The molecule has 4 rings (SSSR count). The molecule has 0 saturated heterocycles. The Morgan fingerprint density at radius 2 is 1.75 bits per heavy atom. The maximum Gasteiger partial charge on any atom is 0.129 e. The van der Waals surface area contributed by atoms with Gasteiger partial charge in [-0.25, -0.2) is 8.78 Å². The third-order valence-electron chi connectivity index (χ3n) is 4.06. The van der Waals surface area contributed by atoms with Gasteiger partial charge in [-0.3, -0.25) is 11.3 Å². The summed E-state index contributed by atoms with van der Waals surface area (Å²) in [5.41, 5.74) is 3.19. The number of nitrogens with two attached hydrogens (primary N) is 1. The minimum absolute atomic E-state index is 0.0712. The Kier molecular flexibility index (Phi) is 1.92. The van der Waals surface area contributed by atoms with E-state index in [-0.39, 0.29) is 16.5 Å². The van der Waals surface area contributed by atoms with E-state index in [4.69, 9.17) is 5.84 Å². The molecular weight excluding hydrogens is 210 g/mol. The molecule has 3 aliphatic carbocycles. The first-order chi connectivity index (χ1) is 7.58. The van der Waals surface area contributed by atoms with Crippen LogP contribution in [0.15, 0.2) is 18.2 Å². The van der Waals surface area contributed by atoms with Crippen LogP contribution in [0.2, 0.25) is 0 Å². The van der Waals surface area contributed by atoms with E-state index in [0.29, 0.717) is 6.42 Å². The van der Waals surface area contributed by atoms with Gasteiger partial charge in [-0.1, -0.05) is 6.07 Å². The van der Waals surface area contributed by atoms with Gasteiger partial charge in [-0.05, 0) is 43.2 Å². The Hall–Kier alpha value is -1.00. The molecule has 16 heavy (non-hydrogen) atoms. The van der Waals surface area contributed by atoms with Gasteiger partial charge in [0.1, 0.15) is 11.6 Å². The molecule has 0 amide bonds. The highest BCUT2D eigenvalue weighted by Crippen LogP contribution is 2.68. The van der Waals surface area contributed by atoms with Crippen LogP contribution >= 0.6 is 0 Å². The topological polar surface area (TPSA) is 38.0 Å². The molecule has 3 aliphatic rings. The third-order valence-corrected chi connectivity index (χ3v) is 4.06. The zero-order valence-corrected chi connectivity index (χ0v) is 8.89. The summed E-state index contributed by atoms with van der Waals surface area (Å²) >= 11 is 0. The minimum atomic E-state index is -0.431. The smallest absolute Gasteiger partial charge is 0.129 e. The Balaban J connectivity index is 1.78. The molecule has 3 fully saturated rings. The zero-order chi connectivity index (χ0) is 11.4. The predicted molar refractivity (Wildman–Crippen MR) is 56.4 cm³/mol. The van der Waals surface area contributed by atoms with Gasteiger partial charge in [0.25, 0.3) is 0 Å². The van der Waals surface area contributed by atoms with Gasteiger partial charge in [0.2, 0.25) is 0 Å². The molecule has 0 aromatic heterocycles. The Labute approximate surface area is 92.8 Å². The van der Waals surface area contributed by atoms with Crippen LogP contribution in [0.5, 0.6) is 0 Å². The van der Waals surface area contributed by atoms with Gasteiger partial charge >= 0.3 is 0 Å². The van der Waals surface area contributed by atoms with E-state index in [1.54, 1.807) is 0 Å². The molecular formula is C12H14F2N2. The fraction of sp³-hybridized carbons (Fsp3) is 0.500. The van der Waals surface area contributed by atoms with Crippen LogP contribution in [0.25, 0.3) is 0 Å². The van der Waals surface area contributed by atoms with Crippen molar-refractivity contribution in [3.63, 3.8) is 0 Å². The van der Waals surface area contributed by atoms with Crippen LogP contribution in [-0.2, 0) is 6.42 Å². The van der Waals surface area contributed by atoms with Crippen LogP contribution in [-0.4, -0.2) is 5.54 Å². The molecule has 1 aromatic rings. The second kappa shape index (κ2) is 3.02. The lowest BCUT2D eigenvalue weighted by atomic mass is 9.38. The molecule has 2 bridgehead atoms. The Morgan fingerprint density at radius 1 is 1.19 bits per heavy atom. The van der Waals surface area contributed by atoms with Crippen molar-refractivity contribution >= 4 is 0 Å². The fourth-order valence-corrected chi connectivity index (χ4v) is 3.41. The van der Waals surface area contributed by atoms with Gasteiger partial charge in [0, 0.05) is 11.1 Å². The maximum absolute atomic E-state index is 13.5. The highest BCUT2D eigenvalue weighted by molar-refractivity contribution is 5.29. The molecule has 0 aliphatic heterocycles. The first-order valence-corrected chi connectivity index (χ1v) is 5.49. The summed E-state index contributed by atoms with van der Waals surface area (Å²) in [6, 6.07) is 4.04. The van der Waals surface area contributed by atoms with Crippen LogP contribution in [0.1, 0.15) is 24.8 Å². The van der Waals surface area contributed by atoms with Crippen molar-refractivity contribution in [2.24, 2.45) is 11.3 Å². The number of halogens is 2. The van der Waals surface area contributed by atoms with Crippen molar-refractivity contribution in [1.29, 1.82) is 0 Å². The monoisotopic (exact) mass is 224 g/mol. The summed E-state index contributed by atoms with van der Waals surface area (Å²) < 4.78 is 26.9. The average Bonchev–Trinajstić information content (AvgIpc) is 2.13. The second-order valence-corrected chi connectivity index (χ2v) is 5.33. The number of hydrazine groups is 1. The number of benzene rings is 1. The second-order valence-electron chi connectivity index (χ2n) is 5.33. The average molecular weight is 224 g/mol. The lowest BCUT2D eigenvalue weighted by Gasteiger charge is -2.70. The number of hydrogen-bond acceptors (Lipinski definition) is 2. The van der Waals surface area contributed by atoms with Crippen molar-refractivity contribution in [1.82, 2.24) is 5.43 Å². The van der Waals surface area contributed by atoms with E-state index >= 15 is 0 Å². The molecule has 0 radical (unpaired) electrons. The summed E-state index contributed by atoms with van der Waals surface area (Å²) in [5, 5.41) is 0. The van der Waals surface area contributed by atoms with Crippen LogP contribution in [0.4, 0.5) is 8.78 Å². The SMILES string of the molecule is NNC12CC(Cc3c(F)cccc3F)(C1)C2. The van der Waals surface area contributed by atoms with Gasteiger partial charge in [0.15, 0.2) is 0 Å². The summed E-state index contributed by atoms with van der Waals surface area (Å²) in [5.74, 6) is 4.56. The summed E-state index contributed by atoms with van der Waals surface area (Å²) in [7, 11) is 0. The van der Waals surface area contributed by atoms with Crippen LogP contribution in [0.3, 0.4) is 0 Å².